The van der Waals surface area contributed by atoms with E-state index in [4.69, 9.17) is 10.5 Å². The van der Waals surface area contributed by atoms with Crippen LogP contribution in [0.3, 0.4) is 0 Å². The predicted molar refractivity (Wildman–Crippen MR) is 65.4 cm³/mol. The third-order valence-corrected chi connectivity index (χ3v) is 2.58. The van der Waals surface area contributed by atoms with E-state index in [1.54, 1.807) is 19.5 Å². The molecule has 0 bridgehead atoms. The van der Waals surface area contributed by atoms with Crippen molar-refractivity contribution < 1.29 is 4.74 Å². The monoisotopic (exact) mass is 214 g/mol. The molecular formula is C13H14N2O. The summed E-state index contributed by atoms with van der Waals surface area (Å²) in [5.74, 6) is 0.855. The standard InChI is InChI=1S/C13H14N2O/c1-9-7-10(16-2)3-4-11(9)12-5-6-15-8-13(12)14/h3-8H,14H2,1-2H3. The molecule has 0 atom stereocenters. The Bertz CT molecular complexity index is 509. The number of pyridine rings is 1. The molecule has 0 amide bonds. The number of rotatable bonds is 2. The molecule has 0 aliphatic rings. The Kier molecular flexibility index (Phi) is 2.77. The number of methoxy groups -OCH3 is 1. The third-order valence-electron chi connectivity index (χ3n) is 2.58. The molecule has 2 N–H and O–H groups in total. The van der Waals surface area contributed by atoms with Crippen molar-refractivity contribution in [2.24, 2.45) is 0 Å². The molecule has 3 nitrogen and oxygen atoms in total. The van der Waals surface area contributed by atoms with Gasteiger partial charge in [-0.05, 0) is 36.2 Å². The predicted octanol–water partition coefficient (Wildman–Crippen LogP) is 2.65. The van der Waals surface area contributed by atoms with Crippen molar-refractivity contribution in [1.29, 1.82) is 0 Å². The molecule has 16 heavy (non-hydrogen) atoms. The highest BCUT2D eigenvalue weighted by atomic mass is 16.5. The Morgan fingerprint density at radius 3 is 2.62 bits per heavy atom. The van der Waals surface area contributed by atoms with Gasteiger partial charge < -0.3 is 10.5 Å². The van der Waals surface area contributed by atoms with Crippen LogP contribution in [0.25, 0.3) is 11.1 Å². The number of benzene rings is 1. The van der Waals surface area contributed by atoms with Gasteiger partial charge in [0.05, 0.1) is 19.0 Å². The van der Waals surface area contributed by atoms with Crippen LogP contribution in [-0.4, -0.2) is 12.1 Å². The molecule has 1 heterocycles. The van der Waals surface area contributed by atoms with Gasteiger partial charge in [0.2, 0.25) is 0 Å². The SMILES string of the molecule is COc1ccc(-c2ccncc2N)c(C)c1. The molecule has 3 heteroatoms. The van der Waals surface area contributed by atoms with E-state index in [0.29, 0.717) is 5.69 Å². The fourth-order valence-corrected chi connectivity index (χ4v) is 1.72. The van der Waals surface area contributed by atoms with Crippen LogP contribution in [0.4, 0.5) is 5.69 Å². The van der Waals surface area contributed by atoms with Gasteiger partial charge in [-0.1, -0.05) is 6.07 Å². The zero-order valence-corrected chi connectivity index (χ0v) is 9.40. The van der Waals surface area contributed by atoms with Crippen LogP contribution in [0.1, 0.15) is 5.56 Å². The molecule has 0 aliphatic heterocycles. The molecule has 2 rings (SSSR count). The molecule has 1 aromatic carbocycles. The lowest BCUT2D eigenvalue weighted by molar-refractivity contribution is 0.414. The normalized spacial score (nSPS) is 10.1. The minimum Gasteiger partial charge on any atom is -0.497 e. The summed E-state index contributed by atoms with van der Waals surface area (Å²) < 4.78 is 5.17. The van der Waals surface area contributed by atoms with Crippen LogP contribution in [0.2, 0.25) is 0 Å². The summed E-state index contributed by atoms with van der Waals surface area (Å²) in [5, 5.41) is 0. The first-order valence-corrected chi connectivity index (χ1v) is 5.07. The number of hydrogen-bond acceptors (Lipinski definition) is 3. The summed E-state index contributed by atoms with van der Waals surface area (Å²) >= 11 is 0. The van der Waals surface area contributed by atoms with Crippen LogP contribution >= 0.6 is 0 Å². The average Bonchev–Trinajstić information content (AvgIpc) is 2.30. The number of hydrogen-bond donors (Lipinski definition) is 1. The maximum absolute atomic E-state index is 5.90. The number of anilines is 1. The Balaban J connectivity index is 2.53. The average molecular weight is 214 g/mol. The van der Waals surface area contributed by atoms with E-state index in [-0.39, 0.29) is 0 Å². The maximum atomic E-state index is 5.90. The van der Waals surface area contributed by atoms with Crippen molar-refractivity contribution in [3.8, 4) is 16.9 Å². The van der Waals surface area contributed by atoms with Crippen molar-refractivity contribution in [1.82, 2.24) is 4.98 Å². The highest BCUT2D eigenvalue weighted by Gasteiger charge is 2.06. The van der Waals surface area contributed by atoms with E-state index in [0.717, 1.165) is 22.4 Å². The van der Waals surface area contributed by atoms with Gasteiger partial charge in [-0.25, -0.2) is 0 Å². The van der Waals surface area contributed by atoms with Crippen LogP contribution in [0.5, 0.6) is 5.75 Å². The number of nitrogens with zero attached hydrogens (tertiary/aromatic N) is 1. The lowest BCUT2D eigenvalue weighted by atomic mass is 10.0. The number of nitrogens with two attached hydrogens (primary N) is 1. The van der Waals surface area contributed by atoms with Crippen molar-refractivity contribution in [2.75, 3.05) is 12.8 Å². The molecule has 82 valence electrons. The Morgan fingerprint density at radius 1 is 1.19 bits per heavy atom. The van der Waals surface area contributed by atoms with E-state index in [2.05, 4.69) is 4.98 Å². The zero-order valence-electron chi connectivity index (χ0n) is 9.40. The zero-order chi connectivity index (χ0) is 11.5. The number of nitrogen functional groups attached to an aromatic ring is 1. The maximum Gasteiger partial charge on any atom is 0.119 e. The Labute approximate surface area is 94.9 Å². The molecule has 0 fully saturated rings. The minimum atomic E-state index is 0.691. The highest BCUT2D eigenvalue weighted by molar-refractivity contribution is 5.78. The van der Waals surface area contributed by atoms with Gasteiger partial charge in [0.1, 0.15) is 5.75 Å². The van der Waals surface area contributed by atoms with Gasteiger partial charge in [0.15, 0.2) is 0 Å². The number of ether oxygens (including phenoxy) is 1. The summed E-state index contributed by atoms with van der Waals surface area (Å²) in [7, 11) is 1.66. The molecule has 0 radical (unpaired) electrons. The summed E-state index contributed by atoms with van der Waals surface area (Å²) in [5.41, 5.74) is 9.85. The van der Waals surface area contributed by atoms with Crippen LogP contribution in [0.15, 0.2) is 36.7 Å². The smallest absolute Gasteiger partial charge is 0.119 e. The Hall–Kier alpha value is -2.03. The van der Waals surface area contributed by atoms with Crippen molar-refractivity contribution in [2.45, 2.75) is 6.92 Å². The number of aryl methyl sites for hydroxylation is 1. The fraction of sp³-hybridized carbons (Fsp3) is 0.154. The van der Waals surface area contributed by atoms with E-state index in [1.165, 1.54) is 0 Å². The quantitative estimate of drug-likeness (QED) is 0.836. The fourth-order valence-electron chi connectivity index (χ4n) is 1.72. The third kappa shape index (κ3) is 1.84. The topological polar surface area (TPSA) is 48.1 Å². The van der Waals surface area contributed by atoms with Crippen molar-refractivity contribution >= 4 is 5.69 Å². The summed E-state index contributed by atoms with van der Waals surface area (Å²) in [4.78, 5) is 3.98. The number of aromatic nitrogens is 1. The van der Waals surface area contributed by atoms with Gasteiger partial charge >= 0.3 is 0 Å². The molecule has 2 aromatic rings. The van der Waals surface area contributed by atoms with E-state index in [9.17, 15) is 0 Å². The molecule has 0 saturated heterocycles. The van der Waals surface area contributed by atoms with Crippen LogP contribution < -0.4 is 10.5 Å². The van der Waals surface area contributed by atoms with E-state index < -0.39 is 0 Å². The lowest BCUT2D eigenvalue weighted by Crippen LogP contribution is -1.93. The molecule has 1 aromatic heterocycles. The largest absolute Gasteiger partial charge is 0.497 e. The van der Waals surface area contributed by atoms with Gasteiger partial charge in [-0.15, -0.1) is 0 Å². The Morgan fingerprint density at radius 2 is 2.00 bits per heavy atom. The first-order valence-electron chi connectivity index (χ1n) is 5.07. The van der Waals surface area contributed by atoms with Gasteiger partial charge in [-0.2, -0.15) is 0 Å². The van der Waals surface area contributed by atoms with Gasteiger partial charge in [-0.3, -0.25) is 4.98 Å². The van der Waals surface area contributed by atoms with E-state index in [1.807, 2.05) is 31.2 Å². The van der Waals surface area contributed by atoms with E-state index >= 15 is 0 Å². The first kappa shape index (κ1) is 10.5. The lowest BCUT2D eigenvalue weighted by Gasteiger charge is -2.09. The second-order valence-electron chi connectivity index (χ2n) is 3.64. The highest BCUT2D eigenvalue weighted by Crippen LogP contribution is 2.29. The minimum absolute atomic E-state index is 0.691. The van der Waals surface area contributed by atoms with Gasteiger partial charge in [0, 0.05) is 11.8 Å². The molecular weight excluding hydrogens is 200 g/mol. The molecule has 0 aliphatic carbocycles. The van der Waals surface area contributed by atoms with Crippen molar-refractivity contribution in [3.63, 3.8) is 0 Å². The second-order valence-corrected chi connectivity index (χ2v) is 3.64. The summed E-state index contributed by atoms with van der Waals surface area (Å²) in [6, 6.07) is 7.86. The molecule has 0 unspecified atom stereocenters. The van der Waals surface area contributed by atoms with Crippen LogP contribution in [0, 0.1) is 6.92 Å². The molecule has 0 spiro atoms. The van der Waals surface area contributed by atoms with Crippen LogP contribution in [-0.2, 0) is 0 Å². The summed E-state index contributed by atoms with van der Waals surface area (Å²) in [6.07, 6.45) is 3.41. The van der Waals surface area contributed by atoms with Gasteiger partial charge in [0.25, 0.3) is 0 Å². The second kappa shape index (κ2) is 4.23. The molecule has 0 saturated carbocycles. The summed E-state index contributed by atoms with van der Waals surface area (Å²) in [6.45, 7) is 2.04. The van der Waals surface area contributed by atoms with Crippen molar-refractivity contribution in [3.05, 3.63) is 42.2 Å². The first-order chi connectivity index (χ1) is 7.72.